The second-order valence-corrected chi connectivity index (χ2v) is 7.12. The van der Waals surface area contributed by atoms with E-state index in [9.17, 15) is 32.3 Å². The number of ether oxygens (including phenoxy) is 1. The number of halogens is 4. The third-order valence-corrected chi connectivity index (χ3v) is 4.96. The molecule has 3 aromatic rings. The molecule has 0 radical (unpaired) electrons. The van der Waals surface area contributed by atoms with E-state index in [0.717, 1.165) is 6.07 Å². The highest BCUT2D eigenvalue weighted by Crippen LogP contribution is 2.37. The van der Waals surface area contributed by atoms with Gasteiger partial charge in [0.1, 0.15) is 11.6 Å². The van der Waals surface area contributed by atoms with Gasteiger partial charge in [0.05, 0.1) is 22.6 Å². The number of hydrogen-bond acceptors (Lipinski definition) is 6. The van der Waals surface area contributed by atoms with E-state index in [2.05, 4.69) is 10.1 Å². The number of aromatic amines is 1. The summed E-state index contributed by atoms with van der Waals surface area (Å²) in [6.45, 7) is 1.06. The van der Waals surface area contributed by atoms with Gasteiger partial charge < -0.3 is 15.2 Å². The molecule has 9 nitrogen and oxygen atoms in total. The number of phenols is 1. The molecule has 1 aliphatic heterocycles. The molecule has 3 heterocycles. The van der Waals surface area contributed by atoms with Crippen LogP contribution < -0.4 is 15.0 Å². The molecule has 0 unspecified atom stereocenters. The normalized spacial score (nSPS) is 13.5. The highest BCUT2D eigenvalue weighted by Gasteiger charge is 2.37. The van der Waals surface area contributed by atoms with Gasteiger partial charge in [-0.3, -0.25) is 19.6 Å². The number of benzene rings is 1. The predicted molar refractivity (Wildman–Crippen MR) is 106 cm³/mol. The Hall–Kier alpha value is -4.16. The number of nitrogens with one attached hydrogen (secondary N) is 2. The zero-order valence-electron chi connectivity index (χ0n) is 17.0. The van der Waals surface area contributed by atoms with Gasteiger partial charge in [-0.1, -0.05) is 0 Å². The fraction of sp³-hybridized carbons (Fsp3) is 0.200. The van der Waals surface area contributed by atoms with Crippen molar-refractivity contribution < 1.29 is 37.0 Å². The van der Waals surface area contributed by atoms with Gasteiger partial charge in [-0.2, -0.15) is 18.3 Å². The third kappa shape index (κ3) is 3.92. The number of anilines is 2. The van der Waals surface area contributed by atoms with Crippen LogP contribution in [0.5, 0.6) is 11.5 Å². The van der Waals surface area contributed by atoms with Crippen molar-refractivity contribution in [2.45, 2.75) is 13.1 Å². The number of H-pyrrole nitrogens is 1. The molecule has 0 saturated heterocycles. The van der Waals surface area contributed by atoms with Crippen LogP contribution in [-0.4, -0.2) is 45.8 Å². The minimum atomic E-state index is -4.82. The highest BCUT2D eigenvalue weighted by atomic mass is 19.4. The van der Waals surface area contributed by atoms with E-state index in [1.807, 2.05) is 5.32 Å². The van der Waals surface area contributed by atoms with Gasteiger partial charge in [-0.25, -0.2) is 9.37 Å². The molecule has 0 aliphatic carbocycles. The number of likely N-dealkylation sites (N-methyl/N-ethyl adjacent to an activating group) is 1. The van der Waals surface area contributed by atoms with Crippen LogP contribution in [0.15, 0.2) is 24.3 Å². The number of carbonyl (C=O) groups is 2. The molecule has 0 spiro atoms. The van der Waals surface area contributed by atoms with E-state index in [4.69, 9.17) is 4.74 Å². The van der Waals surface area contributed by atoms with Crippen LogP contribution >= 0.6 is 0 Å². The van der Waals surface area contributed by atoms with E-state index in [-0.39, 0.29) is 35.3 Å². The predicted octanol–water partition coefficient (Wildman–Crippen LogP) is 3.25. The van der Waals surface area contributed by atoms with Gasteiger partial charge in [0.25, 0.3) is 11.8 Å². The molecular weight excluding hydrogens is 450 g/mol. The zero-order chi connectivity index (χ0) is 24.1. The largest absolute Gasteiger partial charge is 0.507 e. The van der Waals surface area contributed by atoms with Crippen molar-refractivity contribution in [3.05, 3.63) is 47.0 Å². The van der Waals surface area contributed by atoms with Gasteiger partial charge >= 0.3 is 6.18 Å². The van der Waals surface area contributed by atoms with Crippen LogP contribution in [0.4, 0.5) is 29.1 Å². The number of rotatable bonds is 3. The summed E-state index contributed by atoms with van der Waals surface area (Å²) in [5.41, 5.74) is -2.84. The molecule has 1 aliphatic rings. The monoisotopic (exact) mass is 465 g/mol. The fourth-order valence-electron chi connectivity index (χ4n) is 3.20. The third-order valence-electron chi connectivity index (χ3n) is 4.96. The Morgan fingerprint density at radius 3 is 2.73 bits per heavy atom. The molecule has 4 rings (SSSR count). The molecule has 172 valence electrons. The molecule has 0 bridgehead atoms. The van der Waals surface area contributed by atoms with Crippen molar-refractivity contribution >= 4 is 23.3 Å². The van der Waals surface area contributed by atoms with Crippen molar-refractivity contribution in [2.75, 3.05) is 23.9 Å². The Morgan fingerprint density at radius 1 is 1.30 bits per heavy atom. The standard InChI is InChI=1S/C20H15F4N5O4/c1-8-16(17(28-27-8)20(22,23)24)26-19(32)10-5-11(21)9(6-13(10)30)12-3-4-14-18(25-12)29(2)15(31)7-33-14/h3-6,30H,7H2,1-2H3,(H,26,32)(H,27,28). The average Bonchev–Trinajstić information content (AvgIpc) is 3.12. The molecule has 3 N–H and O–H groups in total. The number of aromatic nitrogens is 3. The Labute approximate surface area is 183 Å². The number of aromatic hydroxyl groups is 1. The van der Waals surface area contributed by atoms with E-state index in [1.54, 1.807) is 5.10 Å². The summed E-state index contributed by atoms with van der Waals surface area (Å²) in [7, 11) is 1.47. The summed E-state index contributed by atoms with van der Waals surface area (Å²) in [4.78, 5) is 29.7. The molecule has 1 aromatic carbocycles. The first-order valence-electron chi connectivity index (χ1n) is 9.34. The van der Waals surface area contributed by atoms with Crippen LogP contribution in [0, 0.1) is 12.7 Å². The first-order chi connectivity index (χ1) is 15.5. The van der Waals surface area contributed by atoms with Crippen LogP contribution in [0.25, 0.3) is 11.3 Å². The van der Waals surface area contributed by atoms with Crippen molar-refractivity contribution in [1.29, 1.82) is 0 Å². The second-order valence-electron chi connectivity index (χ2n) is 7.12. The minimum absolute atomic E-state index is 0.0312. The zero-order valence-corrected chi connectivity index (χ0v) is 17.0. The first kappa shape index (κ1) is 22.0. The van der Waals surface area contributed by atoms with Crippen LogP contribution in [0.3, 0.4) is 0 Å². The SMILES string of the molecule is Cc1n[nH]c(C(F)(F)F)c1NC(=O)c1cc(F)c(-c2ccc3c(n2)N(C)C(=O)CO3)cc1O. The number of pyridine rings is 1. The van der Waals surface area contributed by atoms with E-state index >= 15 is 0 Å². The van der Waals surface area contributed by atoms with E-state index in [1.165, 1.54) is 31.0 Å². The number of hydrogen-bond donors (Lipinski definition) is 3. The lowest BCUT2D eigenvalue weighted by molar-refractivity contribution is -0.140. The van der Waals surface area contributed by atoms with Crippen molar-refractivity contribution in [2.24, 2.45) is 0 Å². The van der Waals surface area contributed by atoms with Crippen LogP contribution in [0.1, 0.15) is 21.7 Å². The molecule has 0 atom stereocenters. The smallest absolute Gasteiger partial charge is 0.434 e. The quantitative estimate of drug-likeness (QED) is 0.511. The topological polar surface area (TPSA) is 120 Å². The molecule has 13 heteroatoms. The average molecular weight is 465 g/mol. The number of alkyl halides is 3. The van der Waals surface area contributed by atoms with Gasteiger partial charge in [0.2, 0.25) is 0 Å². The maximum Gasteiger partial charge on any atom is 0.434 e. The number of amides is 2. The van der Waals surface area contributed by atoms with Gasteiger partial charge in [0.15, 0.2) is 23.9 Å². The van der Waals surface area contributed by atoms with E-state index < -0.39 is 40.6 Å². The lowest BCUT2D eigenvalue weighted by Gasteiger charge is -2.25. The van der Waals surface area contributed by atoms with Crippen LogP contribution in [0.2, 0.25) is 0 Å². The molecule has 2 amide bonds. The lowest BCUT2D eigenvalue weighted by Crippen LogP contribution is -2.36. The molecular formula is C20H15F4N5O4. The Kier molecular flexibility index (Phi) is 5.18. The number of nitrogens with zero attached hydrogens (tertiary/aromatic N) is 3. The summed E-state index contributed by atoms with van der Waals surface area (Å²) in [6, 6.07) is 4.45. The number of phenolic OH excluding ortho intramolecular Hbond substituents is 1. The van der Waals surface area contributed by atoms with Crippen LogP contribution in [-0.2, 0) is 11.0 Å². The summed E-state index contributed by atoms with van der Waals surface area (Å²) >= 11 is 0. The molecule has 2 aromatic heterocycles. The maximum absolute atomic E-state index is 14.9. The summed E-state index contributed by atoms with van der Waals surface area (Å²) in [5.74, 6) is -2.77. The minimum Gasteiger partial charge on any atom is -0.507 e. The summed E-state index contributed by atoms with van der Waals surface area (Å²) < 4.78 is 59.4. The van der Waals surface area contributed by atoms with Crippen molar-refractivity contribution in [1.82, 2.24) is 15.2 Å². The first-order valence-corrected chi connectivity index (χ1v) is 9.34. The van der Waals surface area contributed by atoms with Gasteiger partial charge in [-0.05, 0) is 31.2 Å². The van der Waals surface area contributed by atoms with E-state index in [0.29, 0.717) is 11.8 Å². The van der Waals surface area contributed by atoms with Crippen molar-refractivity contribution in [3.63, 3.8) is 0 Å². The number of aryl methyl sites for hydroxylation is 1. The Morgan fingerprint density at radius 2 is 2.03 bits per heavy atom. The lowest BCUT2D eigenvalue weighted by atomic mass is 10.0. The molecule has 33 heavy (non-hydrogen) atoms. The van der Waals surface area contributed by atoms with Gasteiger partial charge in [-0.15, -0.1) is 0 Å². The summed E-state index contributed by atoms with van der Waals surface area (Å²) in [6.07, 6.45) is -4.82. The Balaban J connectivity index is 1.67. The highest BCUT2D eigenvalue weighted by molar-refractivity contribution is 6.07. The van der Waals surface area contributed by atoms with Crippen molar-refractivity contribution in [3.8, 4) is 22.8 Å². The fourth-order valence-corrected chi connectivity index (χ4v) is 3.20. The maximum atomic E-state index is 14.9. The number of carbonyl (C=O) groups excluding carboxylic acids is 2. The Bertz CT molecular complexity index is 1290. The summed E-state index contributed by atoms with van der Waals surface area (Å²) in [5, 5.41) is 17.5. The second kappa shape index (κ2) is 7.76. The van der Waals surface area contributed by atoms with Gasteiger partial charge in [0, 0.05) is 12.6 Å². The molecule has 0 saturated carbocycles. The number of fused-ring (bicyclic) bond motifs is 1. The molecule has 0 fully saturated rings.